The molecular weight excluding hydrogens is 345 g/mol. The summed E-state index contributed by atoms with van der Waals surface area (Å²) in [6.07, 6.45) is 0. The van der Waals surface area contributed by atoms with Crippen molar-refractivity contribution in [3.63, 3.8) is 0 Å². The fraction of sp³-hybridized carbons (Fsp3) is 1.00. The molecule has 0 aliphatic heterocycles. The molecule has 0 heterocycles. The minimum Gasteiger partial charge on any atom is -0.680 e. The molecule has 0 aliphatic rings. The van der Waals surface area contributed by atoms with E-state index in [-0.39, 0.29) is 53.2 Å². The first kappa shape index (κ1) is 24.9. The van der Waals surface area contributed by atoms with E-state index < -0.39 is 8.24 Å². The zero-order valence-corrected chi connectivity index (χ0v) is 18.2. The molecule has 3 radical (unpaired) electrons. The molecule has 1 nitrogen and oxygen atoms in total. The van der Waals surface area contributed by atoms with Gasteiger partial charge in [-0.05, 0) is 0 Å². The summed E-state index contributed by atoms with van der Waals surface area (Å²) in [4.78, 5) is 0. The summed E-state index contributed by atoms with van der Waals surface area (Å²) in [5.41, 5.74) is 0. The topological polar surface area (TPSA) is 23.8 Å². The third-order valence-corrected chi connectivity index (χ3v) is 0. The molecule has 0 saturated heterocycles. The standard InChI is InChI=1S/C3H10NSi.2C3H9Si.La/c1-5(2,3)4;2*1-4(2)3;/h4H,1-3H3;2*1-3H3;/q-1;;;. The molecule has 0 aromatic heterocycles. The van der Waals surface area contributed by atoms with Crippen molar-refractivity contribution in [1.82, 2.24) is 0 Å². The van der Waals surface area contributed by atoms with Crippen molar-refractivity contribution in [2.45, 2.75) is 58.9 Å². The van der Waals surface area contributed by atoms with Crippen molar-refractivity contribution in [2.24, 2.45) is 0 Å². The second kappa shape index (κ2) is 14.8. The third kappa shape index (κ3) is 694. The van der Waals surface area contributed by atoms with Gasteiger partial charge in [0.15, 0.2) is 0 Å². The van der Waals surface area contributed by atoms with E-state index in [4.69, 9.17) is 5.40 Å². The number of nitrogens with one attached hydrogen (secondary N) is 1. The minimum atomic E-state index is -1.36. The van der Waals surface area contributed by atoms with Crippen LogP contribution in [-0.2, 0) is 0 Å². The third-order valence-electron chi connectivity index (χ3n) is 0. The first-order chi connectivity index (χ1) is 5.46. The van der Waals surface area contributed by atoms with Gasteiger partial charge in [0.25, 0.3) is 0 Å². The summed E-state index contributed by atoms with van der Waals surface area (Å²) < 4.78 is 0. The van der Waals surface area contributed by atoms with Crippen molar-refractivity contribution in [3.05, 3.63) is 5.40 Å². The van der Waals surface area contributed by atoms with Gasteiger partial charge < -0.3 is 5.40 Å². The van der Waals surface area contributed by atoms with E-state index >= 15 is 0 Å². The normalized spacial score (nSPS) is 9.43. The molecule has 0 bridgehead atoms. The zero-order valence-electron chi connectivity index (χ0n) is 11.6. The van der Waals surface area contributed by atoms with Gasteiger partial charge in [0, 0.05) is 53.2 Å². The summed E-state index contributed by atoms with van der Waals surface area (Å²) in [6.45, 7) is 19.6. The van der Waals surface area contributed by atoms with Crippen LogP contribution in [0.1, 0.15) is 0 Å². The Morgan fingerprint density at radius 1 is 0.714 bits per heavy atom. The van der Waals surface area contributed by atoms with Crippen molar-refractivity contribution < 1.29 is 35.6 Å². The molecule has 0 aromatic carbocycles. The first-order valence-corrected chi connectivity index (χ1v) is 14.2. The molecule has 85 valence electrons. The summed E-state index contributed by atoms with van der Waals surface area (Å²) >= 11 is 0. The summed E-state index contributed by atoms with van der Waals surface area (Å²) in [5.74, 6) is 0. The Bertz CT molecular complexity index is 75.0. The molecular formula is C9H28LaNSi3-. The fourth-order valence-corrected chi connectivity index (χ4v) is 0. The van der Waals surface area contributed by atoms with Gasteiger partial charge in [-0.3, -0.25) is 0 Å². The molecule has 0 saturated carbocycles. The van der Waals surface area contributed by atoms with E-state index in [1.807, 2.05) is 19.6 Å². The average molecular weight is 373 g/mol. The monoisotopic (exact) mass is 373 g/mol. The summed E-state index contributed by atoms with van der Waals surface area (Å²) in [5, 5.41) is 7.08. The van der Waals surface area contributed by atoms with Crippen LogP contribution in [0.15, 0.2) is 0 Å². The van der Waals surface area contributed by atoms with Crippen LogP contribution in [0, 0.1) is 35.6 Å². The van der Waals surface area contributed by atoms with E-state index in [0.29, 0.717) is 0 Å². The summed E-state index contributed by atoms with van der Waals surface area (Å²) in [7, 11) is -1.12. The van der Waals surface area contributed by atoms with Gasteiger partial charge in [0.05, 0.1) is 0 Å². The van der Waals surface area contributed by atoms with Crippen LogP contribution in [0.5, 0.6) is 0 Å². The Labute approximate surface area is 125 Å². The molecule has 0 fully saturated rings. The number of hydrogen-bond acceptors (Lipinski definition) is 0. The van der Waals surface area contributed by atoms with E-state index in [9.17, 15) is 0 Å². The van der Waals surface area contributed by atoms with Crippen LogP contribution in [0.4, 0.5) is 0 Å². The van der Waals surface area contributed by atoms with Gasteiger partial charge in [-0.15, -0.1) is 0 Å². The minimum absolute atomic E-state index is 0. The average Bonchev–Trinajstić information content (AvgIpc) is 1.50. The second-order valence-corrected chi connectivity index (χ2v) is 15.8. The molecule has 0 rings (SSSR count). The molecule has 5 heteroatoms. The molecule has 0 spiro atoms. The Hall–Kier alpha value is 1.81. The van der Waals surface area contributed by atoms with Crippen molar-refractivity contribution in [1.29, 1.82) is 0 Å². The molecule has 0 aromatic rings. The summed E-state index contributed by atoms with van der Waals surface area (Å²) in [6, 6.07) is 0. The van der Waals surface area contributed by atoms with Crippen LogP contribution in [0.2, 0.25) is 58.9 Å². The maximum absolute atomic E-state index is 7.08. The fourth-order valence-electron chi connectivity index (χ4n) is 0. The van der Waals surface area contributed by atoms with Crippen molar-refractivity contribution >= 4 is 25.8 Å². The maximum atomic E-state index is 7.08. The Kier molecular flexibility index (Phi) is 26.3. The molecule has 0 aliphatic carbocycles. The van der Waals surface area contributed by atoms with Gasteiger partial charge in [-0.25, -0.2) is 0 Å². The van der Waals surface area contributed by atoms with Crippen molar-refractivity contribution in [2.75, 3.05) is 0 Å². The Balaban J connectivity index is -0.0000000522. The number of rotatable bonds is 0. The quantitative estimate of drug-likeness (QED) is 0.554. The van der Waals surface area contributed by atoms with Gasteiger partial charge >= 0.3 is 0 Å². The molecule has 14 heavy (non-hydrogen) atoms. The SMILES string of the molecule is C[Si](C)(C)[NH-].C[Si](C)C.C[Si](C)C.[La]. The van der Waals surface area contributed by atoms with E-state index in [1.165, 1.54) is 0 Å². The van der Waals surface area contributed by atoms with E-state index in [1.54, 1.807) is 0 Å². The van der Waals surface area contributed by atoms with Crippen LogP contribution in [0.3, 0.4) is 0 Å². The Morgan fingerprint density at radius 2 is 0.714 bits per heavy atom. The first-order valence-electron chi connectivity index (χ1n) is 4.75. The van der Waals surface area contributed by atoms with Crippen LogP contribution < -0.4 is 0 Å². The maximum Gasteiger partial charge on any atom is 0.0379 e. The van der Waals surface area contributed by atoms with Crippen LogP contribution in [0.25, 0.3) is 5.40 Å². The second-order valence-electron chi connectivity index (χ2n) is 5.25. The molecule has 0 unspecified atom stereocenters. The van der Waals surface area contributed by atoms with Gasteiger partial charge in [-0.2, -0.15) is 0 Å². The van der Waals surface area contributed by atoms with Crippen molar-refractivity contribution in [3.8, 4) is 0 Å². The Morgan fingerprint density at radius 3 is 0.714 bits per heavy atom. The largest absolute Gasteiger partial charge is 0.680 e. The van der Waals surface area contributed by atoms with E-state index in [2.05, 4.69) is 39.3 Å². The smallest absolute Gasteiger partial charge is 0.0379 e. The predicted molar refractivity (Wildman–Crippen MR) is 74.4 cm³/mol. The van der Waals surface area contributed by atoms with Gasteiger partial charge in [0.1, 0.15) is 0 Å². The van der Waals surface area contributed by atoms with Crippen LogP contribution >= 0.6 is 0 Å². The molecule has 1 N–H and O–H groups in total. The zero-order chi connectivity index (χ0) is 11.7. The van der Waals surface area contributed by atoms with Gasteiger partial charge in [-0.1, -0.05) is 67.2 Å². The van der Waals surface area contributed by atoms with E-state index in [0.717, 1.165) is 0 Å². The molecule has 0 atom stereocenters. The van der Waals surface area contributed by atoms with Gasteiger partial charge in [0.2, 0.25) is 0 Å². The predicted octanol–water partition coefficient (Wildman–Crippen LogP) is 4.61. The number of hydrogen-bond donors (Lipinski definition) is 0. The molecule has 0 amide bonds. The van der Waals surface area contributed by atoms with Crippen LogP contribution in [-0.4, -0.2) is 25.8 Å².